The van der Waals surface area contributed by atoms with E-state index in [2.05, 4.69) is 10.3 Å². The molecule has 0 atom stereocenters. The van der Waals surface area contributed by atoms with E-state index in [9.17, 15) is 18.0 Å². The van der Waals surface area contributed by atoms with Gasteiger partial charge in [-0.3, -0.25) is 9.59 Å². The number of fused-ring (bicyclic) bond motifs is 1. The Morgan fingerprint density at radius 2 is 1.71 bits per heavy atom. The number of nitrogens with zero attached hydrogens (tertiary/aromatic N) is 2. The number of hydrogen-bond donors (Lipinski definition) is 1. The molecular weight excluding hydrogens is 474 g/mol. The summed E-state index contributed by atoms with van der Waals surface area (Å²) in [5, 5.41) is 3.29. The van der Waals surface area contributed by atoms with Gasteiger partial charge in [0.05, 0.1) is 10.3 Å². The highest BCUT2D eigenvalue weighted by molar-refractivity contribution is 7.91. The van der Waals surface area contributed by atoms with Crippen LogP contribution < -0.4 is 10.7 Å². The molecule has 0 unspecified atom stereocenters. The highest BCUT2D eigenvalue weighted by atomic mass is 35.5. The molecule has 7 nitrogen and oxygen atoms in total. The molecule has 2 aromatic carbocycles. The van der Waals surface area contributed by atoms with Gasteiger partial charge in [-0.25, -0.2) is 13.4 Å². The van der Waals surface area contributed by atoms with Gasteiger partial charge in [0.2, 0.25) is 21.2 Å². The molecule has 0 saturated heterocycles. The average Bonchev–Trinajstić information content (AvgIpc) is 2.81. The lowest BCUT2D eigenvalue weighted by Crippen LogP contribution is -2.24. The zero-order valence-corrected chi connectivity index (χ0v) is 20.2. The Bertz CT molecular complexity index is 1540. The first-order valence-corrected chi connectivity index (χ1v) is 12.5. The minimum absolute atomic E-state index is 0.0690. The average molecular weight is 496 g/mol. The number of carbonyl (C=O) groups is 1. The zero-order chi connectivity index (χ0) is 24.5. The van der Waals surface area contributed by atoms with E-state index in [1.54, 1.807) is 25.1 Å². The molecular formula is C25H22ClN3O4S. The Balaban J connectivity index is 1.78. The maximum atomic E-state index is 13.3. The summed E-state index contributed by atoms with van der Waals surface area (Å²) >= 11 is 5.88. The Kier molecular flexibility index (Phi) is 6.54. The second kappa shape index (κ2) is 9.40. The highest BCUT2D eigenvalue weighted by Crippen LogP contribution is 2.22. The monoisotopic (exact) mass is 495 g/mol. The van der Waals surface area contributed by atoms with Gasteiger partial charge in [0.25, 0.3) is 0 Å². The van der Waals surface area contributed by atoms with Crippen molar-refractivity contribution in [2.75, 3.05) is 5.32 Å². The first-order chi connectivity index (χ1) is 16.2. The lowest BCUT2D eigenvalue weighted by atomic mass is 10.1. The number of sulfone groups is 1. The highest BCUT2D eigenvalue weighted by Gasteiger charge is 2.25. The van der Waals surface area contributed by atoms with Gasteiger partial charge in [0, 0.05) is 22.6 Å². The van der Waals surface area contributed by atoms with Crippen LogP contribution in [0.2, 0.25) is 5.02 Å². The number of amides is 1. The fourth-order valence-electron chi connectivity index (χ4n) is 3.56. The summed E-state index contributed by atoms with van der Waals surface area (Å²) < 4.78 is 28.0. The minimum atomic E-state index is -4.16. The van der Waals surface area contributed by atoms with Crippen molar-refractivity contribution in [3.8, 4) is 0 Å². The van der Waals surface area contributed by atoms with Gasteiger partial charge in [-0.15, -0.1) is 0 Å². The first kappa shape index (κ1) is 23.7. The molecule has 0 bridgehead atoms. The van der Waals surface area contributed by atoms with Crippen molar-refractivity contribution < 1.29 is 13.2 Å². The third-order valence-corrected chi connectivity index (χ3v) is 7.42. The number of aryl methyl sites for hydroxylation is 2. The van der Waals surface area contributed by atoms with E-state index in [0.717, 1.165) is 12.0 Å². The molecule has 0 fully saturated rings. The number of anilines is 1. The second-order valence-corrected chi connectivity index (χ2v) is 10.2. The molecule has 0 aliphatic heterocycles. The molecule has 0 aliphatic rings. The van der Waals surface area contributed by atoms with Crippen LogP contribution in [0, 0.1) is 6.92 Å². The van der Waals surface area contributed by atoms with Crippen LogP contribution in [0.1, 0.15) is 18.2 Å². The third kappa shape index (κ3) is 4.73. The van der Waals surface area contributed by atoms with Gasteiger partial charge in [-0.1, -0.05) is 30.7 Å². The van der Waals surface area contributed by atoms with Crippen LogP contribution in [0.3, 0.4) is 0 Å². The van der Waals surface area contributed by atoms with Crippen molar-refractivity contribution in [1.82, 2.24) is 9.55 Å². The Morgan fingerprint density at radius 3 is 2.35 bits per heavy atom. The molecule has 0 aliphatic carbocycles. The number of halogens is 1. The molecule has 0 radical (unpaired) electrons. The second-order valence-electron chi connectivity index (χ2n) is 7.83. The number of aromatic nitrogens is 2. The van der Waals surface area contributed by atoms with Crippen molar-refractivity contribution in [3.63, 3.8) is 0 Å². The SMILES string of the molecule is CCc1ccc(NC(=O)Cn2cc(S(=O)(=O)c3ccc(Cl)cc3)c(=O)c3ccc(C)nc32)cc1. The predicted octanol–water partition coefficient (Wildman–Crippen LogP) is 4.39. The van der Waals surface area contributed by atoms with Crippen LogP contribution >= 0.6 is 11.6 Å². The number of benzene rings is 2. The van der Waals surface area contributed by atoms with E-state index in [4.69, 9.17) is 11.6 Å². The minimum Gasteiger partial charge on any atom is -0.325 e. The molecule has 1 amide bonds. The van der Waals surface area contributed by atoms with Crippen LogP contribution in [-0.2, 0) is 27.6 Å². The van der Waals surface area contributed by atoms with Crippen LogP contribution in [0.15, 0.2) is 81.4 Å². The lowest BCUT2D eigenvalue weighted by Gasteiger charge is -2.14. The standard InChI is InChI=1S/C25H22ClN3O4S/c1-3-17-5-9-19(10-6-17)28-23(30)15-29-14-22(24(31)21-13-4-16(2)27-25(21)29)34(32,33)20-11-7-18(26)8-12-20/h4-14H,3,15H2,1-2H3,(H,28,30). The molecule has 34 heavy (non-hydrogen) atoms. The summed E-state index contributed by atoms with van der Waals surface area (Å²) in [4.78, 5) is 29.9. The lowest BCUT2D eigenvalue weighted by molar-refractivity contribution is -0.116. The molecule has 0 saturated carbocycles. The van der Waals surface area contributed by atoms with Gasteiger partial charge in [0.15, 0.2) is 0 Å². The van der Waals surface area contributed by atoms with Crippen LogP contribution in [0.4, 0.5) is 5.69 Å². The van der Waals surface area contributed by atoms with Gasteiger partial charge < -0.3 is 9.88 Å². The number of pyridine rings is 2. The van der Waals surface area contributed by atoms with Crippen molar-refractivity contribution in [3.05, 3.63) is 93.4 Å². The first-order valence-electron chi connectivity index (χ1n) is 10.6. The van der Waals surface area contributed by atoms with Crippen molar-refractivity contribution >= 4 is 44.1 Å². The summed E-state index contributed by atoms with van der Waals surface area (Å²) in [6, 6.07) is 16.2. The predicted molar refractivity (Wildman–Crippen MR) is 132 cm³/mol. The van der Waals surface area contributed by atoms with Gasteiger partial charge in [-0.2, -0.15) is 0 Å². The van der Waals surface area contributed by atoms with E-state index >= 15 is 0 Å². The summed E-state index contributed by atoms with van der Waals surface area (Å²) in [6.07, 6.45) is 2.06. The third-order valence-electron chi connectivity index (χ3n) is 5.40. The fourth-order valence-corrected chi connectivity index (χ4v) is 5.06. The summed E-state index contributed by atoms with van der Waals surface area (Å²) in [5.41, 5.74) is 1.94. The molecule has 9 heteroatoms. The normalized spacial score (nSPS) is 11.5. The summed E-state index contributed by atoms with van der Waals surface area (Å²) in [6.45, 7) is 3.56. The quantitative estimate of drug-likeness (QED) is 0.427. The van der Waals surface area contributed by atoms with Gasteiger partial charge in [-0.05, 0) is 67.4 Å². The summed E-state index contributed by atoms with van der Waals surface area (Å²) in [5.74, 6) is -0.382. The maximum absolute atomic E-state index is 13.3. The smallest absolute Gasteiger partial charge is 0.244 e. The van der Waals surface area contributed by atoms with E-state index < -0.39 is 20.2 Å². The molecule has 1 N–H and O–H groups in total. The van der Waals surface area contributed by atoms with Crippen molar-refractivity contribution in [2.45, 2.75) is 36.6 Å². The molecule has 4 aromatic rings. The number of carbonyl (C=O) groups excluding carboxylic acids is 1. The van der Waals surface area contributed by atoms with Gasteiger partial charge in [0.1, 0.15) is 17.1 Å². The molecule has 4 rings (SSSR count). The molecule has 2 aromatic heterocycles. The van der Waals surface area contributed by atoms with Crippen molar-refractivity contribution in [1.29, 1.82) is 0 Å². The van der Waals surface area contributed by atoms with E-state index in [1.807, 2.05) is 19.1 Å². The largest absolute Gasteiger partial charge is 0.325 e. The fraction of sp³-hybridized carbons (Fsp3) is 0.160. The summed E-state index contributed by atoms with van der Waals surface area (Å²) in [7, 11) is -4.16. The molecule has 174 valence electrons. The van der Waals surface area contributed by atoms with E-state index in [0.29, 0.717) is 16.4 Å². The van der Waals surface area contributed by atoms with Crippen LogP contribution in [0.5, 0.6) is 0 Å². The van der Waals surface area contributed by atoms with Crippen LogP contribution in [0.25, 0.3) is 11.0 Å². The number of nitrogens with one attached hydrogen (secondary N) is 1. The molecule has 0 spiro atoms. The zero-order valence-electron chi connectivity index (χ0n) is 18.6. The molecule has 2 heterocycles. The topological polar surface area (TPSA) is 98.1 Å². The Morgan fingerprint density at radius 1 is 1.03 bits per heavy atom. The number of hydrogen-bond acceptors (Lipinski definition) is 5. The van der Waals surface area contributed by atoms with E-state index in [1.165, 1.54) is 41.1 Å². The van der Waals surface area contributed by atoms with E-state index in [-0.39, 0.29) is 28.4 Å². The Hall–Kier alpha value is -3.49. The van der Waals surface area contributed by atoms with Crippen molar-refractivity contribution in [2.24, 2.45) is 0 Å². The van der Waals surface area contributed by atoms with Gasteiger partial charge >= 0.3 is 0 Å². The Labute approximate surface area is 202 Å². The van der Waals surface area contributed by atoms with Crippen LogP contribution in [-0.4, -0.2) is 23.9 Å². The number of rotatable bonds is 6. The maximum Gasteiger partial charge on any atom is 0.244 e.